The topological polar surface area (TPSA) is 211 Å². The molecule has 0 radical (unpaired) electrons. The highest BCUT2D eigenvalue weighted by Crippen LogP contribution is 2.23. The van der Waals surface area contributed by atoms with E-state index >= 15 is 0 Å². The molecular formula is C21H27N7O6. The van der Waals surface area contributed by atoms with Crippen LogP contribution in [-0.4, -0.2) is 65.6 Å². The van der Waals surface area contributed by atoms with Crippen molar-refractivity contribution in [2.75, 3.05) is 23.3 Å². The first kappa shape index (κ1) is 26.0. The van der Waals surface area contributed by atoms with Crippen LogP contribution in [-0.2, 0) is 24.0 Å². The second kappa shape index (κ2) is 11.6. The second-order valence-electron chi connectivity index (χ2n) is 7.54. The van der Waals surface area contributed by atoms with Gasteiger partial charge >= 0.3 is 6.03 Å². The number of amides is 7. The molecule has 0 saturated heterocycles. The molecule has 0 aromatic heterocycles. The Balaban J connectivity index is 2.15. The largest absolute Gasteiger partial charge is 0.368 e. The summed E-state index contributed by atoms with van der Waals surface area (Å²) < 4.78 is 0. The molecule has 2 atom stereocenters. The predicted octanol–water partition coefficient (Wildman–Crippen LogP) is -1.47. The maximum absolute atomic E-state index is 12.8. The van der Waals surface area contributed by atoms with Crippen molar-refractivity contribution in [2.45, 2.75) is 31.8 Å². The molecule has 0 fully saturated rings. The number of urea groups is 1. The molecule has 0 bridgehead atoms. The van der Waals surface area contributed by atoms with E-state index in [0.29, 0.717) is 17.8 Å². The summed E-state index contributed by atoms with van der Waals surface area (Å²) in [6.07, 6.45) is 2.61. The summed E-state index contributed by atoms with van der Waals surface area (Å²) in [5.74, 6) is -3.08. The number of anilines is 2. The molecule has 0 saturated carbocycles. The van der Waals surface area contributed by atoms with Crippen LogP contribution in [0.3, 0.4) is 0 Å². The molecule has 1 aliphatic rings. The lowest BCUT2D eigenvalue weighted by atomic mass is 10.1. The Kier molecular flexibility index (Phi) is 8.84. The lowest BCUT2D eigenvalue weighted by Crippen LogP contribution is -2.53. The van der Waals surface area contributed by atoms with E-state index in [2.05, 4.69) is 10.6 Å². The van der Waals surface area contributed by atoms with Crippen LogP contribution in [0.4, 0.5) is 16.2 Å². The average Bonchev–Trinajstić information content (AvgIpc) is 3.07. The summed E-state index contributed by atoms with van der Waals surface area (Å²) in [6.45, 7) is 1.19. The number of primary amides is 2. The molecule has 8 N–H and O–H groups in total. The number of nitrogens with one attached hydrogen (secondary N) is 2. The van der Waals surface area contributed by atoms with Gasteiger partial charge in [0.05, 0.1) is 6.04 Å². The number of imide groups is 1. The van der Waals surface area contributed by atoms with Crippen molar-refractivity contribution in [3.05, 3.63) is 36.4 Å². The van der Waals surface area contributed by atoms with Gasteiger partial charge in [-0.25, -0.2) is 4.79 Å². The van der Waals surface area contributed by atoms with Gasteiger partial charge < -0.3 is 27.8 Å². The van der Waals surface area contributed by atoms with E-state index in [0.717, 1.165) is 17.1 Å². The standard InChI is InChI=1S/C21H27N7O6/c1-12(22)20(33)28(15(19(23)32)3-2-10-25-21(24)34)14-6-4-13(5-7-14)26-16(29)11-27-17(30)8-9-18(27)31/h4-9,12,15H,2-3,10-11,22H2,1H3,(H2,23,32)(H,26,29)(H3,24,25,34)/t12-,15-/m0/s1. The van der Waals surface area contributed by atoms with Crippen molar-refractivity contribution in [1.82, 2.24) is 10.2 Å². The van der Waals surface area contributed by atoms with E-state index in [4.69, 9.17) is 17.2 Å². The van der Waals surface area contributed by atoms with Crippen LogP contribution in [0.2, 0.25) is 0 Å². The van der Waals surface area contributed by atoms with Crippen molar-refractivity contribution in [3.8, 4) is 0 Å². The third-order valence-corrected chi connectivity index (χ3v) is 4.85. The SMILES string of the molecule is C[C@H](N)C(=O)N(c1ccc(NC(=O)CN2C(=O)C=CC2=O)cc1)[C@@H](CCCNC(N)=O)C(N)=O. The van der Waals surface area contributed by atoms with Crippen molar-refractivity contribution in [2.24, 2.45) is 17.2 Å². The van der Waals surface area contributed by atoms with E-state index in [1.54, 1.807) is 0 Å². The van der Waals surface area contributed by atoms with Crippen LogP contribution >= 0.6 is 0 Å². The molecule has 1 aromatic carbocycles. The number of hydrogen-bond acceptors (Lipinski definition) is 7. The van der Waals surface area contributed by atoms with Gasteiger partial charge in [0.25, 0.3) is 11.8 Å². The van der Waals surface area contributed by atoms with Gasteiger partial charge in [0.1, 0.15) is 12.6 Å². The molecule has 2 rings (SSSR count). The fraction of sp³-hybridized carbons (Fsp3) is 0.333. The third-order valence-electron chi connectivity index (χ3n) is 4.85. The smallest absolute Gasteiger partial charge is 0.312 e. The van der Waals surface area contributed by atoms with E-state index < -0.39 is 54.2 Å². The Morgan fingerprint density at radius 2 is 1.62 bits per heavy atom. The van der Waals surface area contributed by atoms with Gasteiger partial charge in [0, 0.05) is 30.1 Å². The second-order valence-corrected chi connectivity index (χ2v) is 7.54. The summed E-state index contributed by atoms with van der Waals surface area (Å²) in [7, 11) is 0. The Labute approximate surface area is 195 Å². The number of carbonyl (C=O) groups is 6. The minimum absolute atomic E-state index is 0.137. The average molecular weight is 473 g/mol. The maximum Gasteiger partial charge on any atom is 0.312 e. The van der Waals surface area contributed by atoms with Gasteiger partial charge in [-0.05, 0) is 44.0 Å². The summed E-state index contributed by atoms with van der Waals surface area (Å²) in [5, 5.41) is 4.94. The Morgan fingerprint density at radius 1 is 1.03 bits per heavy atom. The van der Waals surface area contributed by atoms with Crippen molar-refractivity contribution < 1.29 is 28.8 Å². The minimum Gasteiger partial charge on any atom is -0.368 e. The summed E-state index contributed by atoms with van der Waals surface area (Å²) >= 11 is 0. The number of benzene rings is 1. The normalized spacial score (nSPS) is 14.5. The molecule has 182 valence electrons. The molecule has 1 aromatic rings. The van der Waals surface area contributed by atoms with Crippen LogP contribution < -0.4 is 32.7 Å². The molecule has 13 nitrogen and oxygen atoms in total. The predicted molar refractivity (Wildman–Crippen MR) is 122 cm³/mol. The molecular weight excluding hydrogens is 446 g/mol. The first-order chi connectivity index (χ1) is 16.0. The van der Waals surface area contributed by atoms with Crippen LogP contribution in [0.15, 0.2) is 36.4 Å². The maximum atomic E-state index is 12.8. The van der Waals surface area contributed by atoms with E-state index in [9.17, 15) is 28.8 Å². The highest BCUT2D eigenvalue weighted by Gasteiger charge is 2.31. The van der Waals surface area contributed by atoms with Crippen molar-refractivity contribution in [1.29, 1.82) is 0 Å². The Hall–Kier alpha value is -4.26. The van der Waals surface area contributed by atoms with Gasteiger partial charge in [-0.2, -0.15) is 0 Å². The number of nitrogens with two attached hydrogens (primary N) is 3. The third kappa shape index (κ3) is 6.87. The molecule has 34 heavy (non-hydrogen) atoms. The first-order valence-electron chi connectivity index (χ1n) is 10.4. The monoisotopic (exact) mass is 473 g/mol. The highest BCUT2D eigenvalue weighted by molar-refractivity contribution is 6.15. The summed E-state index contributed by atoms with van der Waals surface area (Å²) in [5.41, 5.74) is 17.0. The fourth-order valence-corrected chi connectivity index (χ4v) is 3.22. The van der Waals surface area contributed by atoms with E-state index in [-0.39, 0.29) is 13.0 Å². The molecule has 1 aliphatic heterocycles. The zero-order valence-electron chi connectivity index (χ0n) is 18.5. The lowest BCUT2D eigenvalue weighted by Gasteiger charge is -2.31. The van der Waals surface area contributed by atoms with Crippen molar-refractivity contribution >= 4 is 46.9 Å². The van der Waals surface area contributed by atoms with Crippen LogP contribution in [0, 0.1) is 0 Å². The zero-order chi connectivity index (χ0) is 25.4. The molecule has 13 heteroatoms. The number of hydrogen-bond donors (Lipinski definition) is 5. The van der Waals surface area contributed by atoms with Crippen LogP contribution in [0.1, 0.15) is 19.8 Å². The number of rotatable bonds is 11. The van der Waals surface area contributed by atoms with Gasteiger partial charge in [0.15, 0.2) is 0 Å². The number of carbonyl (C=O) groups excluding carboxylic acids is 6. The van der Waals surface area contributed by atoms with Gasteiger partial charge in [-0.15, -0.1) is 0 Å². The highest BCUT2D eigenvalue weighted by atomic mass is 16.2. The minimum atomic E-state index is -1.05. The summed E-state index contributed by atoms with van der Waals surface area (Å²) in [6, 6.07) is 3.23. The van der Waals surface area contributed by atoms with Gasteiger partial charge in [-0.3, -0.25) is 33.8 Å². The van der Waals surface area contributed by atoms with E-state index in [1.165, 1.54) is 36.1 Å². The molecule has 7 amide bonds. The Bertz CT molecular complexity index is 987. The van der Waals surface area contributed by atoms with Gasteiger partial charge in [-0.1, -0.05) is 0 Å². The Morgan fingerprint density at radius 3 is 2.12 bits per heavy atom. The van der Waals surface area contributed by atoms with E-state index in [1.807, 2.05) is 0 Å². The molecule has 0 spiro atoms. The zero-order valence-corrected chi connectivity index (χ0v) is 18.5. The summed E-state index contributed by atoms with van der Waals surface area (Å²) in [4.78, 5) is 73.1. The van der Waals surface area contributed by atoms with Crippen molar-refractivity contribution in [3.63, 3.8) is 0 Å². The molecule has 0 unspecified atom stereocenters. The molecule has 1 heterocycles. The lowest BCUT2D eigenvalue weighted by molar-refractivity contribution is -0.139. The number of nitrogens with zero attached hydrogens (tertiary/aromatic N) is 2. The van der Waals surface area contributed by atoms with Crippen LogP contribution in [0.5, 0.6) is 0 Å². The van der Waals surface area contributed by atoms with Crippen LogP contribution in [0.25, 0.3) is 0 Å². The first-order valence-corrected chi connectivity index (χ1v) is 10.4. The fourth-order valence-electron chi connectivity index (χ4n) is 3.22. The quantitative estimate of drug-likeness (QED) is 0.190. The molecule has 0 aliphatic carbocycles. The van der Waals surface area contributed by atoms with Gasteiger partial charge in [0.2, 0.25) is 17.7 Å².